The summed E-state index contributed by atoms with van der Waals surface area (Å²) in [5, 5.41) is 0. The van der Waals surface area contributed by atoms with Crippen molar-refractivity contribution in [3.05, 3.63) is 64.3 Å². The largest absolute Gasteiger partial charge is 0.465 e. The predicted octanol–water partition coefficient (Wildman–Crippen LogP) is 1.76. The third-order valence-corrected chi connectivity index (χ3v) is 2.42. The Morgan fingerprint density at radius 1 is 1.28 bits per heavy atom. The Morgan fingerprint density at radius 3 is 2.72 bits per heavy atom. The number of hydrogen-bond donors (Lipinski definition) is 0. The Labute approximate surface area is 102 Å². The molecule has 0 aliphatic carbocycles. The number of benzene rings is 1. The second kappa shape index (κ2) is 4.83. The number of pyridine rings is 1. The van der Waals surface area contributed by atoms with Crippen molar-refractivity contribution in [1.82, 2.24) is 4.57 Å². The third kappa shape index (κ3) is 2.29. The molecule has 2 rings (SSSR count). The highest BCUT2D eigenvalue weighted by atomic mass is 19.1. The van der Waals surface area contributed by atoms with Gasteiger partial charge in [-0.05, 0) is 24.3 Å². The number of methoxy groups -OCH3 is 1. The summed E-state index contributed by atoms with van der Waals surface area (Å²) >= 11 is 0. The molecule has 0 atom stereocenters. The fourth-order valence-corrected chi connectivity index (χ4v) is 1.55. The number of hydrogen-bond acceptors (Lipinski definition) is 3. The molecule has 18 heavy (non-hydrogen) atoms. The van der Waals surface area contributed by atoms with Crippen LogP contribution in [0.4, 0.5) is 4.39 Å². The number of nitrogens with zero attached hydrogens (tertiary/aromatic N) is 1. The van der Waals surface area contributed by atoms with Crippen LogP contribution in [0.25, 0.3) is 5.69 Å². The highest BCUT2D eigenvalue weighted by Crippen LogP contribution is 2.09. The Balaban J connectivity index is 2.57. The maximum Gasteiger partial charge on any atom is 0.339 e. The van der Waals surface area contributed by atoms with Gasteiger partial charge >= 0.3 is 5.97 Å². The van der Waals surface area contributed by atoms with Gasteiger partial charge in [0.05, 0.1) is 18.4 Å². The van der Waals surface area contributed by atoms with Gasteiger partial charge in [-0.3, -0.25) is 9.36 Å². The zero-order chi connectivity index (χ0) is 13.1. The van der Waals surface area contributed by atoms with Crippen molar-refractivity contribution in [3.8, 4) is 5.69 Å². The Kier molecular flexibility index (Phi) is 3.23. The van der Waals surface area contributed by atoms with Crippen molar-refractivity contribution >= 4 is 5.97 Å². The van der Waals surface area contributed by atoms with E-state index in [1.165, 1.54) is 48.2 Å². The van der Waals surface area contributed by atoms with Crippen LogP contribution in [0.2, 0.25) is 0 Å². The van der Waals surface area contributed by atoms with E-state index in [-0.39, 0.29) is 11.1 Å². The maximum absolute atomic E-state index is 13.1. The molecule has 0 bridgehead atoms. The van der Waals surface area contributed by atoms with Crippen LogP contribution in [0.3, 0.4) is 0 Å². The second-order valence-corrected chi connectivity index (χ2v) is 3.60. The molecule has 0 amide bonds. The Bertz CT molecular complexity index is 649. The monoisotopic (exact) mass is 247 g/mol. The lowest BCUT2D eigenvalue weighted by Gasteiger charge is -2.07. The molecule has 0 unspecified atom stereocenters. The van der Waals surface area contributed by atoms with Gasteiger partial charge in [-0.15, -0.1) is 0 Å². The predicted molar refractivity (Wildman–Crippen MR) is 63.3 cm³/mol. The van der Waals surface area contributed by atoms with Crippen molar-refractivity contribution in [2.75, 3.05) is 7.11 Å². The number of halogens is 1. The number of carbonyl (C=O) groups excluding carboxylic acids is 1. The topological polar surface area (TPSA) is 48.3 Å². The molecule has 0 fully saturated rings. The summed E-state index contributed by atoms with van der Waals surface area (Å²) < 4.78 is 18.9. The van der Waals surface area contributed by atoms with E-state index in [1.807, 2.05) is 0 Å². The fraction of sp³-hybridized carbons (Fsp3) is 0.0769. The highest BCUT2D eigenvalue weighted by molar-refractivity contribution is 5.88. The fourth-order valence-electron chi connectivity index (χ4n) is 1.55. The first kappa shape index (κ1) is 12.0. The summed E-state index contributed by atoms with van der Waals surface area (Å²) in [6.07, 6.45) is 1.32. The van der Waals surface area contributed by atoms with E-state index >= 15 is 0 Å². The van der Waals surface area contributed by atoms with Crippen LogP contribution in [0.5, 0.6) is 0 Å². The highest BCUT2D eigenvalue weighted by Gasteiger charge is 2.08. The van der Waals surface area contributed by atoms with E-state index in [2.05, 4.69) is 4.74 Å². The number of esters is 1. The molecule has 0 N–H and O–H groups in total. The van der Waals surface area contributed by atoms with Crippen LogP contribution in [0, 0.1) is 5.82 Å². The second-order valence-electron chi connectivity index (χ2n) is 3.60. The van der Waals surface area contributed by atoms with Gasteiger partial charge in [0.1, 0.15) is 5.82 Å². The normalized spacial score (nSPS) is 10.1. The van der Waals surface area contributed by atoms with E-state index in [0.717, 1.165) is 0 Å². The molecule has 0 spiro atoms. The van der Waals surface area contributed by atoms with Crippen molar-refractivity contribution in [2.45, 2.75) is 0 Å². The summed E-state index contributed by atoms with van der Waals surface area (Å²) in [6.45, 7) is 0. The van der Waals surface area contributed by atoms with Crippen molar-refractivity contribution < 1.29 is 13.9 Å². The number of rotatable bonds is 2. The van der Waals surface area contributed by atoms with Crippen LogP contribution >= 0.6 is 0 Å². The molecule has 4 nitrogen and oxygen atoms in total. The molecule has 2 aromatic rings. The Morgan fingerprint density at radius 2 is 2.06 bits per heavy atom. The first-order valence-corrected chi connectivity index (χ1v) is 5.19. The minimum absolute atomic E-state index is 0.223. The van der Waals surface area contributed by atoms with Gasteiger partial charge in [0.25, 0.3) is 5.56 Å². The zero-order valence-corrected chi connectivity index (χ0v) is 9.59. The lowest BCUT2D eigenvalue weighted by Crippen LogP contribution is -2.18. The molecule has 92 valence electrons. The van der Waals surface area contributed by atoms with Crippen molar-refractivity contribution in [3.63, 3.8) is 0 Å². The summed E-state index contributed by atoms with van der Waals surface area (Å²) in [6, 6.07) is 8.15. The number of carbonyl (C=O) groups is 1. The molecular weight excluding hydrogens is 237 g/mol. The van der Waals surface area contributed by atoms with E-state index < -0.39 is 11.8 Å². The standard InChI is InChI=1S/C13H10FNO3/c1-18-13(17)9-5-6-12(16)15(8-9)11-4-2-3-10(14)7-11/h2-8H,1H3. The van der Waals surface area contributed by atoms with Crippen molar-refractivity contribution in [1.29, 1.82) is 0 Å². The molecular formula is C13H10FNO3. The SMILES string of the molecule is COC(=O)c1ccc(=O)n(-c2cccc(F)c2)c1. The summed E-state index contributed by atoms with van der Waals surface area (Å²) in [4.78, 5) is 23.0. The first-order valence-electron chi connectivity index (χ1n) is 5.19. The van der Waals surface area contributed by atoms with Crippen LogP contribution < -0.4 is 5.56 Å². The lowest BCUT2D eigenvalue weighted by atomic mass is 10.2. The average Bonchev–Trinajstić information content (AvgIpc) is 2.38. The van der Waals surface area contributed by atoms with Gasteiger partial charge in [-0.1, -0.05) is 6.07 Å². The van der Waals surface area contributed by atoms with Gasteiger partial charge in [-0.25, -0.2) is 9.18 Å². The van der Waals surface area contributed by atoms with Crippen LogP contribution in [0.15, 0.2) is 47.4 Å². The molecule has 0 saturated heterocycles. The molecule has 0 saturated carbocycles. The lowest BCUT2D eigenvalue weighted by molar-refractivity contribution is 0.0600. The van der Waals surface area contributed by atoms with E-state index in [0.29, 0.717) is 5.69 Å². The molecule has 1 aromatic carbocycles. The first-order chi connectivity index (χ1) is 8.61. The zero-order valence-electron chi connectivity index (χ0n) is 9.59. The van der Waals surface area contributed by atoms with Crippen molar-refractivity contribution in [2.24, 2.45) is 0 Å². The minimum atomic E-state index is -0.555. The summed E-state index contributed by atoms with van der Waals surface area (Å²) in [5.74, 6) is -1.01. The molecule has 0 aliphatic rings. The number of ether oxygens (including phenoxy) is 1. The Hall–Kier alpha value is -2.43. The smallest absolute Gasteiger partial charge is 0.339 e. The third-order valence-electron chi connectivity index (χ3n) is 2.42. The molecule has 5 heteroatoms. The van der Waals surface area contributed by atoms with E-state index in [1.54, 1.807) is 6.07 Å². The van der Waals surface area contributed by atoms with Gasteiger partial charge in [0, 0.05) is 12.3 Å². The van der Waals surface area contributed by atoms with Gasteiger partial charge in [0.2, 0.25) is 0 Å². The quantitative estimate of drug-likeness (QED) is 0.760. The molecule has 0 radical (unpaired) electrons. The van der Waals surface area contributed by atoms with Crippen LogP contribution in [0.1, 0.15) is 10.4 Å². The molecule has 1 aromatic heterocycles. The van der Waals surface area contributed by atoms with E-state index in [9.17, 15) is 14.0 Å². The van der Waals surface area contributed by atoms with Crippen LogP contribution in [-0.4, -0.2) is 17.6 Å². The van der Waals surface area contributed by atoms with E-state index in [4.69, 9.17) is 0 Å². The number of aromatic nitrogens is 1. The minimum Gasteiger partial charge on any atom is -0.465 e. The van der Waals surface area contributed by atoms with Gasteiger partial charge in [0.15, 0.2) is 0 Å². The molecule has 0 aliphatic heterocycles. The average molecular weight is 247 g/mol. The summed E-state index contributed by atoms with van der Waals surface area (Å²) in [7, 11) is 1.25. The van der Waals surface area contributed by atoms with Gasteiger partial charge in [-0.2, -0.15) is 0 Å². The maximum atomic E-state index is 13.1. The molecule has 1 heterocycles. The summed E-state index contributed by atoms with van der Waals surface area (Å²) in [5.41, 5.74) is 0.223. The van der Waals surface area contributed by atoms with Crippen LogP contribution in [-0.2, 0) is 4.74 Å². The van der Waals surface area contributed by atoms with Gasteiger partial charge < -0.3 is 4.74 Å².